The smallest absolute Gasteiger partial charge is 0.326 e. The SMILES string of the molecule is CCOCCCn1c(=O)[nH]c2ccccc21. The van der Waals surface area contributed by atoms with E-state index in [9.17, 15) is 4.79 Å². The Hall–Kier alpha value is -1.55. The summed E-state index contributed by atoms with van der Waals surface area (Å²) in [4.78, 5) is 14.5. The van der Waals surface area contributed by atoms with Crippen molar-refractivity contribution in [3.05, 3.63) is 34.7 Å². The van der Waals surface area contributed by atoms with Crippen LogP contribution in [0.5, 0.6) is 0 Å². The number of aromatic nitrogens is 2. The van der Waals surface area contributed by atoms with Gasteiger partial charge in [-0.2, -0.15) is 0 Å². The first-order chi connectivity index (χ1) is 7.83. The lowest BCUT2D eigenvalue weighted by atomic mass is 10.3. The van der Waals surface area contributed by atoms with Crippen molar-refractivity contribution in [1.82, 2.24) is 9.55 Å². The van der Waals surface area contributed by atoms with E-state index in [0.29, 0.717) is 13.2 Å². The van der Waals surface area contributed by atoms with Crippen LogP contribution in [0.15, 0.2) is 29.1 Å². The Morgan fingerprint density at radius 1 is 1.38 bits per heavy atom. The number of para-hydroxylation sites is 2. The number of aromatic amines is 1. The van der Waals surface area contributed by atoms with E-state index < -0.39 is 0 Å². The number of H-pyrrole nitrogens is 1. The summed E-state index contributed by atoms with van der Waals surface area (Å²) >= 11 is 0. The van der Waals surface area contributed by atoms with Crippen LogP contribution in [0.4, 0.5) is 0 Å². The van der Waals surface area contributed by atoms with Crippen LogP contribution >= 0.6 is 0 Å². The second-order valence-corrected chi connectivity index (χ2v) is 3.65. The summed E-state index contributed by atoms with van der Waals surface area (Å²) in [5.41, 5.74) is 1.81. The van der Waals surface area contributed by atoms with Gasteiger partial charge in [0.2, 0.25) is 0 Å². The molecule has 0 saturated carbocycles. The standard InChI is InChI=1S/C12H16N2O2/c1-2-16-9-5-8-14-11-7-4-3-6-10(11)13-12(14)15/h3-4,6-7H,2,5,8-9H2,1H3,(H,13,15). The molecule has 1 N–H and O–H groups in total. The van der Waals surface area contributed by atoms with Crippen LogP contribution < -0.4 is 5.69 Å². The molecular weight excluding hydrogens is 204 g/mol. The number of hydrogen-bond donors (Lipinski definition) is 1. The highest BCUT2D eigenvalue weighted by molar-refractivity contribution is 5.74. The van der Waals surface area contributed by atoms with Crippen LogP contribution in [-0.2, 0) is 11.3 Å². The predicted molar refractivity (Wildman–Crippen MR) is 63.7 cm³/mol. The summed E-state index contributed by atoms with van der Waals surface area (Å²) < 4.78 is 7.02. The van der Waals surface area contributed by atoms with Crippen molar-refractivity contribution in [2.45, 2.75) is 19.9 Å². The lowest BCUT2D eigenvalue weighted by Gasteiger charge is -2.03. The maximum Gasteiger partial charge on any atom is 0.326 e. The van der Waals surface area contributed by atoms with E-state index >= 15 is 0 Å². The number of fused-ring (bicyclic) bond motifs is 1. The van der Waals surface area contributed by atoms with Gasteiger partial charge in [-0.05, 0) is 25.5 Å². The zero-order valence-electron chi connectivity index (χ0n) is 9.40. The second-order valence-electron chi connectivity index (χ2n) is 3.65. The first-order valence-corrected chi connectivity index (χ1v) is 5.58. The van der Waals surface area contributed by atoms with Gasteiger partial charge in [0.25, 0.3) is 0 Å². The van der Waals surface area contributed by atoms with Gasteiger partial charge in [0, 0.05) is 19.8 Å². The minimum atomic E-state index is -0.0438. The van der Waals surface area contributed by atoms with E-state index in [1.807, 2.05) is 31.2 Å². The Kier molecular flexibility index (Phi) is 3.41. The monoisotopic (exact) mass is 220 g/mol. The molecule has 16 heavy (non-hydrogen) atoms. The molecule has 86 valence electrons. The third kappa shape index (κ3) is 2.17. The molecule has 0 bridgehead atoms. The molecule has 0 fully saturated rings. The number of nitrogens with zero attached hydrogens (tertiary/aromatic N) is 1. The molecule has 2 rings (SSSR count). The summed E-state index contributed by atoms with van der Waals surface area (Å²) in [6, 6.07) is 7.72. The van der Waals surface area contributed by atoms with E-state index in [1.54, 1.807) is 4.57 Å². The normalized spacial score (nSPS) is 11.1. The molecule has 4 nitrogen and oxygen atoms in total. The van der Waals surface area contributed by atoms with E-state index in [1.165, 1.54) is 0 Å². The van der Waals surface area contributed by atoms with Gasteiger partial charge < -0.3 is 9.72 Å². The molecular formula is C12H16N2O2. The number of imidazole rings is 1. The third-order valence-electron chi connectivity index (χ3n) is 2.56. The van der Waals surface area contributed by atoms with Gasteiger partial charge in [-0.15, -0.1) is 0 Å². The largest absolute Gasteiger partial charge is 0.382 e. The molecule has 2 aromatic rings. The summed E-state index contributed by atoms with van der Waals surface area (Å²) in [5.74, 6) is 0. The summed E-state index contributed by atoms with van der Waals surface area (Å²) in [6.07, 6.45) is 0.857. The first kappa shape index (κ1) is 11.0. The average Bonchev–Trinajstić information content (AvgIpc) is 2.61. The first-order valence-electron chi connectivity index (χ1n) is 5.58. The number of rotatable bonds is 5. The molecule has 0 unspecified atom stereocenters. The average molecular weight is 220 g/mol. The van der Waals surface area contributed by atoms with Crippen LogP contribution in [0.3, 0.4) is 0 Å². The topological polar surface area (TPSA) is 47.0 Å². The van der Waals surface area contributed by atoms with Crippen LogP contribution in [-0.4, -0.2) is 22.8 Å². The van der Waals surface area contributed by atoms with E-state index in [0.717, 1.165) is 24.1 Å². The number of hydrogen-bond acceptors (Lipinski definition) is 2. The van der Waals surface area contributed by atoms with Crippen molar-refractivity contribution in [1.29, 1.82) is 0 Å². The molecule has 1 heterocycles. The molecule has 4 heteroatoms. The van der Waals surface area contributed by atoms with Crippen LogP contribution in [0.2, 0.25) is 0 Å². The van der Waals surface area contributed by atoms with Gasteiger partial charge in [0.15, 0.2) is 0 Å². The van der Waals surface area contributed by atoms with Crippen LogP contribution in [0.25, 0.3) is 11.0 Å². The zero-order chi connectivity index (χ0) is 11.4. The third-order valence-corrected chi connectivity index (χ3v) is 2.56. The fraction of sp³-hybridized carbons (Fsp3) is 0.417. The maximum absolute atomic E-state index is 11.7. The molecule has 0 radical (unpaired) electrons. The number of benzene rings is 1. The van der Waals surface area contributed by atoms with Gasteiger partial charge in [-0.25, -0.2) is 4.79 Å². The molecule has 0 spiro atoms. The van der Waals surface area contributed by atoms with Gasteiger partial charge >= 0.3 is 5.69 Å². The van der Waals surface area contributed by atoms with E-state index in [4.69, 9.17) is 4.74 Å². The predicted octanol–water partition coefficient (Wildman–Crippen LogP) is 1.76. The van der Waals surface area contributed by atoms with Gasteiger partial charge in [0.1, 0.15) is 0 Å². The fourth-order valence-corrected chi connectivity index (χ4v) is 1.80. The quantitative estimate of drug-likeness (QED) is 0.780. The number of nitrogens with one attached hydrogen (secondary N) is 1. The van der Waals surface area contributed by atoms with Crippen molar-refractivity contribution in [2.24, 2.45) is 0 Å². The molecule has 1 aromatic carbocycles. The Morgan fingerprint density at radius 2 is 2.19 bits per heavy atom. The lowest BCUT2D eigenvalue weighted by molar-refractivity contribution is 0.141. The van der Waals surface area contributed by atoms with Crippen molar-refractivity contribution >= 4 is 11.0 Å². The number of aryl methyl sites for hydroxylation is 1. The zero-order valence-corrected chi connectivity index (χ0v) is 9.40. The minimum Gasteiger partial charge on any atom is -0.382 e. The fourth-order valence-electron chi connectivity index (χ4n) is 1.80. The molecule has 0 aliphatic heterocycles. The lowest BCUT2D eigenvalue weighted by Crippen LogP contribution is -2.17. The summed E-state index contributed by atoms with van der Waals surface area (Å²) in [7, 11) is 0. The molecule has 0 aliphatic rings. The Labute approximate surface area is 93.9 Å². The highest BCUT2D eigenvalue weighted by Gasteiger charge is 2.04. The molecule has 0 saturated heterocycles. The Balaban J connectivity index is 2.16. The van der Waals surface area contributed by atoms with Crippen molar-refractivity contribution in [3.63, 3.8) is 0 Å². The molecule has 0 amide bonds. The Morgan fingerprint density at radius 3 is 3.00 bits per heavy atom. The van der Waals surface area contributed by atoms with E-state index in [2.05, 4.69) is 4.98 Å². The van der Waals surface area contributed by atoms with Gasteiger partial charge in [-0.1, -0.05) is 12.1 Å². The van der Waals surface area contributed by atoms with Crippen LogP contribution in [0, 0.1) is 0 Å². The highest BCUT2D eigenvalue weighted by atomic mass is 16.5. The minimum absolute atomic E-state index is 0.0438. The van der Waals surface area contributed by atoms with E-state index in [-0.39, 0.29) is 5.69 Å². The summed E-state index contributed by atoms with van der Waals surface area (Å²) in [6.45, 7) is 4.09. The Bertz CT molecular complexity index is 513. The molecule has 1 aromatic heterocycles. The maximum atomic E-state index is 11.7. The second kappa shape index (κ2) is 4.99. The number of ether oxygens (including phenoxy) is 1. The van der Waals surface area contributed by atoms with Crippen molar-refractivity contribution < 1.29 is 4.74 Å². The van der Waals surface area contributed by atoms with Gasteiger partial charge in [-0.3, -0.25) is 4.57 Å². The molecule has 0 aliphatic carbocycles. The highest BCUT2D eigenvalue weighted by Crippen LogP contribution is 2.09. The van der Waals surface area contributed by atoms with Crippen molar-refractivity contribution in [3.8, 4) is 0 Å². The summed E-state index contributed by atoms with van der Waals surface area (Å²) in [5, 5.41) is 0. The molecule has 0 atom stereocenters. The van der Waals surface area contributed by atoms with Crippen molar-refractivity contribution in [2.75, 3.05) is 13.2 Å². The van der Waals surface area contributed by atoms with Gasteiger partial charge in [0.05, 0.1) is 11.0 Å². The van der Waals surface area contributed by atoms with Crippen LogP contribution in [0.1, 0.15) is 13.3 Å².